The molecule has 0 atom stereocenters. The minimum atomic E-state index is -4.59. The van der Waals surface area contributed by atoms with Crippen LogP contribution in [0.25, 0.3) is 0 Å². The second-order valence-corrected chi connectivity index (χ2v) is 4.44. The SMILES string of the molecule is CC1=NN(c2ccc(NC(=O)OCC(F)(F)F)cn2)C(=O)C1. The molecular formula is C12H11F3N4O3. The number of carbonyl (C=O) groups excluding carboxylic acids is 2. The molecule has 2 amide bonds. The maximum Gasteiger partial charge on any atom is 0.422 e. The highest BCUT2D eigenvalue weighted by atomic mass is 19.4. The lowest BCUT2D eigenvalue weighted by atomic mass is 10.3. The number of hydrazone groups is 1. The summed E-state index contributed by atoms with van der Waals surface area (Å²) in [6.45, 7) is 0.0189. The van der Waals surface area contributed by atoms with E-state index in [1.54, 1.807) is 6.92 Å². The first-order chi connectivity index (χ1) is 10.2. The van der Waals surface area contributed by atoms with Gasteiger partial charge < -0.3 is 4.74 Å². The number of anilines is 2. The topological polar surface area (TPSA) is 83.9 Å². The molecular weight excluding hydrogens is 305 g/mol. The Kier molecular flexibility index (Phi) is 4.29. The molecule has 2 rings (SSSR count). The number of nitrogens with one attached hydrogen (secondary N) is 1. The molecule has 1 aromatic rings. The third-order valence-electron chi connectivity index (χ3n) is 2.49. The molecule has 0 bridgehead atoms. The van der Waals surface area contributed by atoms with Gasteiger partial charge in [0, 0.05) is 5.71 Å². The third-order valence-corrected chi connectivity index (χ3v) is 2.49. The number of halogens is 3. The standard InChI is InChI=1S/C12H11F3N4O3/c1-7-4-10(20)19(18-7)9-3-2-8(5-16-9)17-11(21)22-6-12(13,14)15/h2-3,5H,4,6H2,1H3,(H,17,21). The van der Waals surface area contributed by atoms with Crippen LogP contribution in [-0.4, -0.2) is 35.5 Å². The van der Waals surface area contributed by atoms with Crippen molar-refractivity contribution in [2.45, 2.75) is 19.5 Å². The number of ether oxygens (including phenoxy) is 1. The predicted octanol–water partition coefficient (Wildman–Crippen LogP) is 2.30. The first-order valence-corrected chi connectivity index (χ1v) is 6.08. The van der Waals surface area contributed by atoms with E-state index < -0.39 is 18.9 Å². The van der Waals surface area contributed by atoms with Crippen molar-refractivity contribution in [2.24, 2.45) is 5.10 Å². The zero-order valence-corrected chi connectivity index (χ0v) is 11.3. The maximum absolute atomic E-state index is 11.9. The van der Waals surface area contributed by atoms with E-state index >= 15 is 0 Å². The second kappa shape index (κ2) is 6.00. The predicted molar refractivity (Wildman–Crippen MR) is 70.5 cm³/mol. The van der Waals surface area contributed by atoms with Gasteiger partial charge in [-0.05, 0) is 19.1 Å². The van der Waals surface area contributed by atoms with Gasteiger partial charge in [0.1, 0.15) is 0 Å². The zero-order chi connectivity index (χ0) is 16.3. The van der Waals surface area contributed by atoms with E-state index in [4.69, 9.17) is 0 Å². The molecule has 0 radical (unpaired) electrons. The second-order valence-electron chi connectivity index (χ2n) is 4.44. The molecule has 0 saturated heterocycles. The lowest BCUT2D eigenvalue weighted by Crippen LogP contribution is -2.23. The van der Waals surface area contributed by atoms with Crippen molar-refractivity contribution in [2.75, 3.05) is 16.9 Å². The Labute approximate surface area is 122 Å². The number of pyridine rings is 1. The summed E-state index contributed by atoms with van der Waals surface area (Å²) < 4.78 is 39.6. The minimum absolute atomic E-state index is 0.128. The van der Waals surface area contributed by atoms with Gasteiger partial charge in [-0.2, -0.15) is 23.3 Å². The van der Waals surface area contributed by atoms with Gasteiger partial charge in [-0.3, -0.25) is 10.1 Å². The van der Waals surface area contributed by atoms with Crippen molar-refractivity contribution in [1.82, 2.24) is 4.98 Å². The molecule has 0 spiro atoms. The number of hydrogen-bond acceptors (Lipinski definition) is 5. The van der Waals surface area contributed by atoms with Gasteiger partial charge in [0.05, 0.1) is 18.3 Å². The molecule has 7 nitrogen and oxygen atoms in total. The highest BCUT2D eigenvalue weighted by Crippen LogP contribution is 2.20. The van der Waals surface area contributed by atoms with Crippen LogP contribution in [0.1, 0.15) is 13.3 Å². The fourth-order valence-corrected chi connectivity index (χ4v) is 1.62. The van der Waals surface area contributed by atoms with E-state index in [1.165, 1.54) is 18.3 Å². The Morgan fingerprint density at radius 1 is 1.45 bits per heavy atom. The molecule has 0 aromatic carbocycles. The monoisotopic (exact) mass is 316 g/mol. The number of amides is 2. The number of carbonyl (C=O) groups is 2. The van der Waals surface area contributed by atoms with Gasteiger partial charge in [0.2, 0.25) is 0 Å². The Bertz CT molecular complexity index is 613. The van der Waals surface area contributed by atoms with E-state index in [-0.39, 0.29) is 23.8 Å². The van der Waals surface area contributed by atoms with E-state index in [2.05, 4.69) is 20.1 Å². The number of hydrogen-bond donors (Lipinski definition) is 1. The lowest BCUT2D eigenvalue weighted by Gasteiger charge is -2.12. The van der Waals surface area contributed by atoms with E-state index in [1.807, 2.05) is 0 Å². The van der Waals surface area contributed by atoms with Crippen LogP contribution in [0.3, 0.4) is 0 Å². The lowest BCUT2D eigenvalue weighted by molar-refractivity contribution is -0.159. The summed E-state index contributed by atoms with van der Waals surface area (Å²) in [5.74, 6) is 0.00588. The van der Waals surface area contributed by atoms with Gasteiger partial charge in [-0.15, -0.1) is 0 Å². The maximum atomic E-state index is 11.9. The van der Waals surface area contributed by atoms with Crippen molar-refractivity contribution in [3.05, 3.63) is 18.3 Å². The summed E-state index contributed by atoms with van der Waals surface area (Å²) in [6.07, 6.45) is -4.46. The van der Waals surface area contributed by atoms with Crippen LogP contribution < -0.4 is 10.3 Å². The van der Waals surface area contributed by atoms with Crippen LogP contribution in [0, 0.1) is 0 Å². The molecule has 22 heavy (non-hydrogen) atoms. The van der Waals surface area contributed by atoms with E-state index in [0.717, 1.165) is 5.01 Å². The summed E-state index contributed by atoms with van der Waals surface area (Å²) >= 11 is 0. The molecule has 0 saturated carbocycles. The van der Waals surface area contributed by atoms with Crippen LogP contribution in [0.15, 0.2) is 23.4 Å². The van der Waals surface area contributed by atoms with Gasteiger partial charge in [0.25, 0.3) is 5.91 Å². The molecule has 0 unspecified atom stereocenters. The molecule has 0 fully saturated rings. The number of nitrogens with zero attached hydrogens (tertiary/aromatic N) is 3. The highest BCUT2D eigenvalue weighted by molar-refractivity contribution is 6.11. The number of aromatic nitrogens is 1. The van der Waals surface area contributed by atoms with Gasteiger partial charge in [0.15, 0.2) is 12.4 Å². The van der Waals surface area contributed by atoms with Crippen molar-refractivity contribution in [3.63, 3.8) is 0 Å². The molecule has 1 aliphatic heterocycles. The molecule has 2 heterocycles. The third kappa shape index (κ3) is 4.17. The smallest absolute Gasteiger partial charge is 0.422 e. The molecule has 1 N–H and O–H groups in total. The zero-order valence-electron chi connectivity index (χ0n) is 11.3. The summed E-state index contributed by atoms with van der Waals surface area (Å²) in [5, 5.41) is 7.19. The Morgan fingerprint density at radius 3 is 2.68 bits per heavy atom. The summed E-state index contributed by atoms with van der Waals surface area (Å²) in [7, 11) is 0. The number of rotatable bonds is 3. The van der Waals surface area contributed by atoms with Crippen LogP contribution >= 0.6 is 0 Å². The Morgan fingerprint density at radius 2 is 2.18 bits per heavy atom. The first-order valence-electron chi connectivity index (χ1n) is 6.08. The fourth-order valence-electron chi connectivity index (χ4n) is 1.62. The Balaban J connectivity index is 1.95. The average molecular weight is 316 g/mol. The van der Waals surface area contributed by atoms with Gasteiger partial charge in [-0.1, -0.05) is 0 Å². The van der Waals surface area contributed by atoms with Gasteiger partial charge in [-0.25, -0.2) is 9.78 Å². The van der Waals surface area contributed by atoms with Crippen LogP contribution in [0.2, 0.25) is 0 Å². The summed E-state index contributed by atoms with van der Waals surface area (Å²) in [4.78, 5) is 26.7. The van der Waals surface area contributed by atoms with Crippen LogP contribution in [0.5, 0.6) is 0 Å². The average Bonchev–Trinajstić information content (AvgIpc) is 2.76. The molecule has 118 valence electrons. The van der Waals surface area contributed by atoms with Crippen LogP contribution in [-0.2, 0) is 9.53 Å². The Hall–Kier alpha value is -2.65. The molecule has 0 aliphatic carbocycles. The quantitative estimate of drug-likeness (QED) is 0.927. The number of alkyl halides is 3. The van der Waals surface area contributed by atoms with Crippen molar-refractivity contribution >= 4 is 29.2 Å². The van der Waals surface area contributed by atoms with Crippen molar-refractivity contribution in [1.29, 1.82) is 0 Å². The molecule has 10 heteroatoms. The first kappa shape index (κ1) is 15.7. The minimum Gasteiger partial charge on any atom is -0.440 e. The van der Waals surface area contributed by atoms with Gasteiger partial charge >= 0.3 is 12.3 Å². The molecule has 1 aromatic heterocycles. The normalized spacial score (nSPS) is 14.8. The van der Waals surface area contributed by atoms with Crippen molar-refractivity contribution in [3.8, 4) is 0 Å². The van der Waals surface area contributed by atoms with E-state index in [0.29, 0.717) is 5.71 Å². The summed E-state index contributed by atoms with van der Waals surface area (Å²) in [6, 6.07) is 2.77. The fraction of sp³-hybridized carbons (Fsp3) is 0.333. The van der Waals surface area contributed by atoms with E-state index in [9.17, 15) is 22.8 Å². The summed E-state index contributed by atoms with van der Waals surface area (Å²) in [5.41, 5.74) is 0.771. The molecule has 1 aliphatic rings. The van der Waals surface area contributed by atoms with Crippen molar-refractivity contribution < 1.29 is 27.5 Å². The highest BCUT2D eigenvalue weighted by Gasteiger charge is 2.29. The largest absolute Gasteiger partial charge is 0.440 e. The van der Waals surface area contributed by atoms with Crippen LogP contribution in [0.4, 0.5) is 29.5 Å².